The van der Waals surface area contributed by atoms with E-state index in [-0.39, 0.29) is 24.6 Å². The summed E-state index contributed by atoms with van der Waals surface area (Å²) in [4.78, 5) is 6.88. The van der Waals surface area contributed by atoms with Crippen LogP contribution in [0, 0.1) is 0 Å². The summed E-state index contributed by atoms with van der Waals surface area (Å²) < 4.78 is 11.6. The molecule has 2 atom stereocenters. The molecule has 7 heteroatoms. The molecule has 1 saturated heterocycles. The Morgan fingerprint density at radius 3 is 2.86 bits per heavy atom. The molecule has 0 bridgehead atoms. The highest BCUT2D eigenvalue weighted by atomic mass is 35.5. The number of hydrogen-bond donors (Lipinski definition) is 1. The lowest BCUT2D eigenvalue weighted by Gasteiger charge is -2.30. The van der Waals surface area contributed by atoms with Gasteiger partial charge in [0.15, 0.2) is 5.82 Å². The fourth-order valence-electron chi connectivity index (χ4n) is 3.19. The van der Waals surface area contributed by atoms with Crippen LogP contribution >= 0.6 is 12.4 Å². The fraction of sp³-hybridized carbons (Fsp3) is 0.867. The molecule has 0 amide bonds. The zero-order valence-corrected chi connectivity index (χ0v) is 14.3. The lowest BCUT2D eigenvalue weighted by Crippen LogP contribution is -2.44. The van der Waals surface area contributed by atoms with Crippen LogP contribution in [0.25, 0.3) is 0 Å². The molecule has 1 aromatic heterocycles. The smallest absolute Gasteiger partial charge is 0.255 e. The minimum Gasteiger partial charge on any atom is -0.365 e. The van der Waals surface area contributed by atoms with Gasteiger partial charge in [-0.25, -0.2) is 0 Å². The van der Waals surface area contributed by atoms with Crippen molar-refractivity contribution in [1.29, 1.82) is 0 Å². The second-order valence-corrected chi connectivity index (χ2v) is 6.13. The van der Waals surface area contributed by atoms with Gasteiger partial charge in [0.25, 0.3) is 5.89 Å². The molecule has 6 nitrogen and oxygen atoms in total. The van der Waals surface area contributed by atoms with Gasteiger partial charge in [0, 0.05) is 19.6 Å². The fourth-order valence-corrected chi connectivity index (χ4v) is 3.19. The first-order valence-corrected chi connectivity index (χ1v) is 8.18. The summed E-state index contributed by atoms with van der Waals surface area (Å²) in [6.07, 6.45) is 6.04. The molecule has 1 saturated carbocycles. The predicted octanol–water partition coefficient (Wildman–Crippen LogP) is 2.48. The van der Waals surface area contributed by atoms with Crippen molar-refractivity contribution in [2.24, 2.45) is 0 Å². The van der Waals surface area contributed by atoms with Gasteiger partial charge in [-0.1, -0.05) is 24.9 Å². The quantitative estimate of drug-likeness (QED) is 0.895. The molecule has 1 aliphatic heterocycles. The van der Waals surface area contributed by atoms with Crippen LogP contribution in [0.2, 0.25) is 0 Å². The van der Waals surface area contributed by atoms with Gasteiger partial charge in [0.2, 0.25) is 0 Å². The van der Waals surface area contributed by atoms with Crippen molar-refractivity contribution in [3.8, 4) is 0 Å². The number of ether oxygens (including phenoxy) is 1. The highest BCUT2D eigenvalue weighted by Crippen LogP contribution is 2.29. The third kappa shape index (κ3) is 3.98. The van der Waals surface area contributed by atoms with E-state index in [1.54, 1.807) is 0 Å². The van der Waals surface area contributed by atoms with E-state index in [2.05, 4.69) is 34.3 Å². The molecule has 2 aliphatic rings. The second-order valence-electron chi connectivity index (χ2n) is 6.13. The Morgan fingerprint density at radius 2 is 2.18 bits per heavy atom. The number of aromatic nitrogens is 2. The standard InChI is InChI=1S/C15H26N4O2.ClH/c1-3-13(20-11-6-4-5-7-11)15-17-14(18-21-15)12-10-16-8-9-19(12)2;/h11-13,16H,3-10H2,1-2H3;1H. The van der Waals surface area contributed by atoms with E-state index in [1.165, 1.54) is 12.8 Å². The van der Waals surface area contributed by atoms with Crippen molar-refractivity contribution in [1.82, 2.24) is 20.4 Å². The maximum absolute atomic E-state index is 6.15. The van der Waals surface area contributed by atoms with Crippen LogP contribution in [0.5, 0.6) is 0 Å². The van der Waals surface area contributed by atoms with Crippen LogP contribution in [0.1, 0.15) is 62.9 Å². The van der Waals surface area contributed by atoms with Gasteiger partial charge < -0.3 is 14.6 Å². The third-order valence-electron chi connectivity index (χ3n) is 4.57. The van der Waals surface area contributed by atoms with E-state index in [0.717, 1.165) is 44.7 Å². The molecule has 1 aromatic rings. The lowest BCUT2D eigenvalue weighted by molar-refractivity contribution is -0.0275. The number of nitrogens with one attached hydrogen (secondary N) is 1. The molecular formula is C15H27ClN4O2. The molecule has 3 rings (SSSR count). The Kier molecular flexibility index (Phi) is 6.62. The Hall–Kier alpha value is -0.690. The number of piperazine rings is 1. The number of halogens is 1. The van der Waals surface area contributed by atoms with Gasteiger partial charge >= 0.3 is 0 Å². The average Bonchev–Trinajstić information content (AvgIpc) is 3.17. The maximum Gasteiger partial charge on any atom is 0.255 e. The summed E-state index contributed by atoms with van der Waals surface area (Å²) >= 11 is 0. The zero-order valence-electron chi connectivity index (χ0n) is 13.5. The van der Waals surface area contributed by atoms with Gasteiger partial charge in [-0.05, 0) is 26.3 Å². The van der Waals surface area contributed by atoms with E-state index in [0.29, 0.717) is 12.0 Å². The van der Waals surface area contributed by atoms with Crippen LogP contribution in [-0.2, 0) is 4.74 Å². The average molecular weight is 331 g/mol. The van der Waals surface area contributed by atoms with Crippen LogP contribution in [-0.4, -0.2) is 47.8 Å². The monoisotopic (exact) mass is 330 g/mol. The highest BCUT2D eigenvalue weighted by Gasteiger charge is 2.28. The molecule has 2 heterocycles. The Labute approximate surface area is 138 Å². The van der Waals surface area contributed by atoms with Crippen molar-refractivity contribution in [3.05, 3.63) is 11.7 Å². The van der Waals surface area contributed by atoms with Crippen molar-refractivity contribution >= 4 is 12.4 Å². The molecule has 2 unspecified atom stereocenters. The molecule has 0 radical (unpaired) electrons. The topological polar surface area (TPSA) is 63.4 Å². The minimum atomic E-state index is -0.0591. The Balaban J connectivity index is 0.00000176. The number of rotatable bonds is 5. The Bertz CT molecular complexity index is 451. The number of nitrogens with zero attached hydrogens (tertiary/aromatic N) is 3. The van der Waals surface area contributed by atoms with E-state index in [4.69, 9.17) is 9.26 Å². The summed E-state index contributed by atoms with van der Waals surface area (Å²) in [6, 6.07) is 0.195. The van der Waals surface area contributed by atoms with Gasteiger partial charge in [0.1, 0.15) is 6.10 Å². The van der Waals surface area contributed by atoms with Crippen molar-refractivity contribution in [3.63, 3.8) is 0 Å². The van der Waals surface area contributed by atoms with E-state index in [9.17, 15) is 0 Å². The molecule has 0 spiro atoms. The summed E-state index contributed by atoms with van der Waals surface area (Å²) in [5.41, 5.74) is 0. The van der Waals surface area contributed by atoms with Gasteiger partial charge in [0.05, 0.1) is 12.1 Å². The first kappa shape index (κ1) is 17.7. The summed E-state index contributed by atoms with van der Waals surface area (Å²) in [7, 11) is 2.11. The number of hydrogen-bond acceptors (Lipinski definition) is 6. The third-order valence-corrected chi connectivity index (χ3v) is 4.57. The molecule has 126 valence electrons. The van der Waals surface area contributed by atoms with E-state index < -0.39 is 0 Å². The lowest BCUT2D eigenvalue weighted by atomic mass is 10.2. The van der Waals surface area contributed by atoms with Gasteiger partial charge in [-0.2, -0.15) is 4.98 Å². The molecular weight excluding hydrogens is 304 g/mol. The minimum absolute atomic E-state index is 0. The zero-order chi connectivity index (χ0) is 14.7. The normalized spacial score (nSPS) is 25.1. The molecule has 1 N–H and O–H groups in total. The largest absolute Gasteiger partial charge is 0.365 e. The van der Waals surface area contributed by atoms with Crippen molar-refractivity contribution in [2.75, 3.05) is 26.7 Å². The van der Waals surface area contributed by atoms with Gasteiger partial charge in [-0.3, -0.25) is 4.90 Å². The van der Waals surface area contributed by atoms with Gasteiger partial charge in [-0.15, -0.1) is 12.4 Å². The van der Waals surface area contributed by atoms with Crippen LogP contribution in [0.3, 0.4) is 0 Å². The summed E-state index contributed by atoms with van der Waals surface area (Å²) in [5, 5.41) is 7.57. The van der Waals surface area contributed by atoms with Crippen molar-refractivity contribution in [2.45, 2.75) is 57.3 Å². The van der Waals surface area contributed by atoms with E-state index in [1.807, 2.05) is 0 Å². The van der Waals surface area contributed by atoms with Crippen LogP contribution in [0.15, 0.2) is 4.52 Å². The molecule has 1 aliphatic carbocycles. The van der Waals surface area contributed by atoms with Crippen LogP contribution < -0.4 is 5.32 Å². The predicted molar refractivity (Wildman–Crippen MR) is 86.2 cm³/mol. The molecule has 0 aromatic carbocycles. The summed E-state index contributed by atoms with van der Waals surface area (Å²) in [6.45, 7) is 5.00. The first-order valence-electron chi connectivity index (χ1n) is 8.18. The first-order chi connectivity index (χ1) is 10.3. The maximum atomic E-state index is 6.15. The molecule has 2 fully saturated rings. The summed E-state index contributed by atoms with van der Waals surface area (Å²) in [5.74, 6) is 1.41. The number of likely N-dealkylation sites (N-methyl/N-ethyl adjacent to an activating group) is 1. The second kappa shape index (κ2) is 8.24. The van der Waals surface area contributed by atoms with E-state index >= 15 is 0 Å². The van der Waals surface area contributed by atoms with Crippen molar-refractivity contribution < 1.29 is 9.26 Å². The molecule has 22 heavy (non-hydrogen) atoms. The Morgan fingerprint density at radius 1 is 1.41 bits per heavy atom. The van der Waals surface area contributed by atoms with Crippen LogP contribution in [0.4, 0.5) is 0 Å². The SMILES string of the molecule is CCC(OC1CCCC1)c1nc(C2CNCCN2C)no1.Cl. The highest BCUT2D eigenvalue weighted by molar-refractivity contribution is 5.85.